The van der Waals surface area contributed by atoms with Crippen LogP contribution >= 0.6 is 11.6 Å². The molecule has 1 aliphatic rings. The highest BCUT2D eigenvalue weighted by Gasteiger charge is 2.50. The highest BCUT2D eigenvalue weighted by Crippen LogP contribution is 2.35. The van der Waals surface area contributed by atoms with Crippen LogP contribution in [-0.2, 0) is 4.79 Å². The van der Waals surface area contributed by atoms with Gasteiger partial charge in [0.15, 0.2) is 0 Å². The van der Waals surface area contributed by atoms with Gasteiger partial charge in [-0.05, 0) is 31.0 Å². The zero-order valence-corrected chi connectivity index (χ0v) is 12.4. The van der Waals surface area contributed by atoms with Crippen LogP contribution in [0.2, 0.25) is 5.02 Å². The molecule has 2 rings (SSSR count). The van der Waals surface area contributed by atoms with E-state index < -0.39 is 30.3 Å². The average Bonchev–Trinajstić information content (AvgIpc) is 2.64. The molecule has 116 valence electrons. The van der Waals surface area contributed by atoms with Gasteiger partial charge in [0.25, 0.3) is 0 Å². The molecule has 0 spiro atoms. The minimum absolute atomic E-state index is 0.407. The van der Waals surface area contributed by atoms with E-state index in [1.165, 1.54) is 0 Å². The van der Waals surface area contributed by atoms with Gasteiger partial charge in [0.2, 0.25) is 5.91 Å². The van der Waals surface area contributed by atoms with Crippen molar-refractivity contribution >= 4 is 17.5 Å². The minimum atomic E-state index is -4.44. The monoisotopic (exact) mass is 320 g/mol. The van der Waals surface area contributed by atoms with Crippen LogP contribution in [0.3, 0.4) is 0 Å². The molecule has 0 aliphatic carbocycles. The van der Waals surface area contributed by atoms with Crippen molar-refractivity contribution in [2.24, 2.45) is 0 Å². The van der Waals surface area contributed by atoms with Crippen molar-refractivity contribution in [3.8, 4) is 0 Å². The minimum Gasteiger partial charge on any atom is -0.312 e. The molecule has 0 aromatic heterocycles. The number of rotatable bonds is 3. The Kier molecular flexibility index (Phi) is 4.22. The molecule has 1 aromatic carbocycles. The molecule has 1 N–H and O–H groups in total. The predicted octanol–water partition coefficient (Wildman–Crippen LogP) is 3.50. The van der Waals surface area contributed by atoms with Crippen LogP contribution in [0.5, 0.6) is 0 Å². The van der Waals surface area contributed by atoms with E-state index >= 15 is 0 Å². The van der Waals surface area contributed by atoms with Crippen molar-refractivity contribution in [1.82, 2.24) is 10.2 Å². The van der Waals surface area contributed by atoms with Crippen molar-refractivity contribution in [3.63, 3.8) is 0 Å². The lowest BCUT2D eigenvalue weighted by molar-refractivity contribution is -0.162. The molecular weight excluding hydrogens is 305 g/mol. The van der Waals surface area contributed by atoms with E-state index in [2.05, 4.69) is 5.32 Å². The summed E-state index contributed by atoms with van der Waals surface area (Å²) in [6.07, 6.45) is -4.84. The summed E-state index contributed by atoms with van der Waals surface area (Å²) in [6, 6.07) is 6.43. The van der Waals surface area contributed by atoms with Gasteiger partial charge >= 0.3 is 6.18 Å². The lowest BCUT2D eigenvalue weighted by Gasteiger charge is -2.25. The van der Waals surface area contributed by atoms with Gasteiger partial charge in [-0.1, -0.05) is 30.7 Å². The van der Waals surface area contributed by atoms with Crippen molar-refractivity contribution in [1.29, 1.82) is 0 Å². The molecule has 0 saturated carbocycles. The predicted molar refractivity (Wildman–Crippen MR) is 73.8 cm³/mol. The lowest BCUT2D eigenvalue weighted by atomic mass is 9.99. The number of amides is 1. The zero-order valence-electron chi connectivity index (χ0n) is 11.7. The number of halogens is 4. The number of carbonyl (C=O) groups excluding carboxylic acids is 1. The molecule has 21 heavy (non-hydrogen) atoms. The molecule has 1 aromatic rings. The van der Waals surface area contributed by atoms with Crippen LogP contribution < -0.4 is 5.32 Å². The van der Waals surface area contributed by atoms with E-state index in [0.717, 1.165) is 4.90 Å². The number of nitrogens with zero attached hydrogens (tertiary/aromatic N) is 1. The highest BCUT2D eigenvalue weighted by molar-refractivity contribution is 6.30. The van der Waals surface area contributed by atoms with E-state index in [1.54, 1.807) is 38.1 Å². The number of benzene rings is 1. The zero-order chi connectivity index (χ0) is 15.8. The molecule has 1 saturated heterocycles. The van der Waals surface area contributed by atoms with Crippen LogP contribution in [0.4, 0.5) is 13.2 Å². The highest BCUT2D eigenvalue weighted by atomic mass is 35.5. The lowest BCUT2D eigenvalue weighted by Crippen LogP contribution is -2.44. The first-order valence-electron chi connectivity index (χ1n) is 6.57. The fourth-order valence-corrected chi connectivity index (χ4v) is 2.52. The molecule has 7 heteroatoms. The fraction of sp³-hybridized carbons (Fsp3) is 0.500. The largest absolute Gasteiger partial charge is 0.406 e. The maximum absolute atomic E-state index is 12.7. The molecule has 0 bridgehead atoms. The molecule has 3 nitrogen and oxygen atoms in total. The van der Waals surface area contributed by atoms with Gasteiger partial charge in [0.05, 0.1) is 5.54 Å². The Balaban J connectivity index is 2.36. The molecular formula is C14H16ClF3N2O. The van der Waals surface area contributed by atoms with E-state index in [-0.39, 0.29) is 0 Å². The summed E-state index contributed by atoms with van der Waals surface area (Å²) >= 11 is 5.79. The summed E-state index contributed by atoms with van der Waals surface area (Å²) in [4.78, 5) is 13.2. The van der Waals surface area contributed by atoms with Gasteiger partial charge in [-0.3, -0.25) is 10.1 Å². The van der Waals surface area contributed by atoms with Gasteiger partial charge in [0, 0.05) is 5.02 Å². The topological polar surface area (TPSA) is 32.3 Å². The third kappa shape index (κ3) is 3.32. The third-order valence-corrected chi connectivity index (χ3v) is 3.99. The summed E-state index contributed by atoms with van der Waals surface area (Å²) in [5.74, 6) is -0.540. The Morgan fingerprint density at radius 2 is 1.90 bits per heavy atom. The summed E-state index contributed by atoms with van der Waals surface area (Å²) in [7, 11) is 0. The van der Waals surface area contributed by atoms with Crippen molar-refractivity contribution < 1.29 is 18.0 Å². The molecule has 1 amide bonds. The first kappa shape index (κ1) is 16.1. The van der Waals surface area contributed by atoms with Gasteiger partial charge in [-0.25, -0.2) is 0 Å². The standard InChI is InChI=1S/C14H16ClF3N2O/c1-3-13(2)12(21)20(8-14(16,17)18)11(19-13)9-4-6-10(15)7-5-9/h4-7,11,19H,3,8H2,1-2H3. The average molecular weight is 321 g/mol. The van der Waals surface area contributed by atoms with Gasteiger partial charge in [-0.15, -0.1) is 0 Å². The smallest absolute Gasteiger partial charge is 0.312 e. The Hall–Kier alpha value is -1.27. The SMILES string of the molecule is CCC1(C)NC(c2ccc(Cl)cc2)N(CC(F)(F)F)C1=O. The molecule has 1 heterocycles. The second-order valence-electron chi connectivity index (χ2n) is 5.33. The Morgan fingerprint density at radius 3 is 2.38 bits per heavy atom. The van der Waals surface area contributed by atoms with Crippen molar-refractivity contribution in [2.45, 2.75) is 38.1 Å². The first-order chi connectivity index (χ1) is 9.66. The Morgan fingerprint density at radius 1 is 1.33 bits per heavy atom. The Bertz CT molecular complexity index is 532. The van der Waals surface area contributed by atoms with E-state index in [0.29, 0.717) is 17.0 Å². The van der Waals surface area contributed by atoms with Gasteiger partial charge in [0.1, 0.15) is 12.7 Å². The maximum Gasteiger partial charge on any atom is 0.406 e. The molecule has 0 radical (unpaired) electrons. The van der Waals surface area contributed by atoms with E-state index in [9.17, 15) is 18.0 Å². The molecule has 1 aliphatic heterocycles. The summed E-state index contributed by atoms with van der Waals surface area (Å²) in [6.45, 7) is 2.11. The Labute approximate surface area is 126 Å². The van der Waals surface area contributed by atoms with Crippen LogP contribution in [0.25, 0.3) is 0 Å². The van der Waals surface area contributed by atoms with Crippen LogP contribution in [0.1, 0.15) is 32.0 Å². The molecule has 2 unspecified atom stereocenters. The molecule has 2 atom stereocenters. The first-order valence-corrected chi connectivity index (χ1v) is 6.95. The van der Waals surface area contributed by atoms with Crippen LogP contribution in [0.15, 0.2) is 24.3 Å². The number of nitrogens with one attached hydrogen (secondary N) is 1. The summed E-state index contributed by atoms with van der Waals surface area (Å²) in [5, 5.41) is 3.50. The number of hydrogen-bond acceptors (Lipinski definition) is 2. The quantitative estimate of drug-likeness (QED) is 0.924. The number of alkyl halides is 3. The van der Waals surface area contributed by atoms with Crippen molar-refractivity contribution in [2.75, 3.05) is 6.54 Å². The van der Waals surface area contributed by atoms with E-state index in [4.69, 9.17) is 11.6 Å². The summed E-state index contributed by atoms with van der Waals surface area (Å²) in [5.41, 5.74) is -0.413. The van der Waals surface area contributed by atoms with E-state index in [1.807, 2.05) is 0 Å². The van der Waals surface area contributed by atoms with Crippen molar-refractivity contribution in [3.05, 3.63) is 34.9 Å². The van der Waals surface area contributed by atoms with Gasteiger partial charge in [-0.2, -0.15) is 13.2 Å². The third-order valence-electron chi connectivity index (χ3n) is 3.74. The molecule has 1 fully saturated rings. The number of carbonyl (C=O) groups is 1. The summed E-state index contributed by atoms with van der Waals surface area (Å²) < 4.78 is 38.2. The number of hydrogen-bond donors (Lipinski definition) is 1. The van der Waals surface area contributed by atoms with Gasteiger partial charge < -0.3 is 4.90 Å². The fourth-order valence-electron chi connectivity index (χ4n) is 2.39. The maximum atomic E-state index is 12.7. The second kappa shape index (κ2) is 5.50. The van der Waals surface area contributed by atoms with Crippen LogP contribution in [-0.4, -0.2) is 29.1 Å². The normalized spacial score (nSPS) is 26.5. The second-order valence-corrected chi connectivity index (χ2v) is 5.77. The van der Waals surface area contributed by atoms with Crippen LogP contribution in [0, 0.1) is 0 Å².